The first-order valence-electron chi connectivity index (χ1n) is 6.08. The van der Waals surface area contributed by atoms with Crippen LogP contribution in [0.2, 0.25) is 0 Å². The number of nitro groups is 1. The van der Waals surface area contributed by atoms with Crippen LogP contribution in [-0.2, 0) is 0 Å². The molecule has 1 aliphatic heterocycles. The number of hydrogen-bond donors (Lipinski definition) is 0. The number of nitrogens with zero attached hydrogens (tertiary/aromatic N) is 3. The fourth-order valence-electron chi connectivity index (χ4n) is 2.56. The zero-order valence-corrected chi connectivity index (χ0v) is 12.0. The molecule has 1 aromatic carbocycles. The smallest absolute Gasteiger partial charge is 0.296 e. The van der Waals surface area contributed by atoms with Gasteiger partial charge in [-0.05, 0) is 19.9 Å². The van der Waals surface area contributed by atoms with Gasteiger partial charge in [0.1, 0.15) is 11.5 Å². The molecule has 1 aromatic heterocycles. The number of anilines is 1. The Morgan fingerprint density at radius 1 is 1.50 bits per heavy atom. The summed E-state index contributed by atoms with van der Waals surface area (Å²) in [5.74, 6) is -0.616. The minimum Gasteiger partial charge on any atom is -0.361 e. The molecule has 0 amide bonds. The molecule has 0 fully saturated rings. The summed E-state index contributed by atoms with van der Waals surface area (Å²) in [6, 6.07) is 2.27. The number of rotatable bonds is 1. The van der Waals surface area contributed by atoms with Crippen LogP contribution in [0.4, 0.5) is 15.8 Å². The Hall–Kier alpha value is -2.02. The number of hydrogen-bond acceptors (Lipinski definition) is 5. The van der Waals surface area contributed by atoms with Crippen molar-refractivity contribution in [3.05, 3.63) is 37.9 Å². The van der Waals surface area contributed by atoms with Crippen LogP contribution in [0.1, 0.15) is 22.9 Å². The molecule has 104 valence electrons. The fourth-order valence-corrected chi connectivity index (χ4v) is 3.60. The Labute approximate surface area is 118 Å². The van der Waals surface area contributed by atoms with Crippen molar-refractivity contribution in [2.24, 2.45) is 0 Å². The summed E-state index contributed by atoms with van der Waals surface area (Å²) < 4.78 is 13.7. The van der Waals surface area contributed by atoms with Gasteiger partial charge in [0.25, 0.3) is 5.69 Å². The van der Waals surface area contributed by atoms with Crippen LogP contribution in [0.25, 0.3) is 11.3 Å². The van der Waals surface area contributed by atoms with E-state index in [-0.39, 0.29) is 11.7 Å². The molecule has 2 heterocycles. The van der Waals surface area contributed by atoms with Gasteiger partial charge in [-0.25, -0.2) is 9.37 Å². The maximum absolute atomic E-state index is 13.7. The van der Waals surface area contributed by atoms with Crippen LogP contribution in [-0.4, -0.2) is 17.0 Å². The van der Waals surface area contributed by atoms with E-state index in [0.29, 0.717) is 16.9 Å². The highest BCUT2D eigenvalue weighted by Crippen LogP contribution is 2.49. The molecule has 0 saturated heterocycles. The van der Waals surface area contributed by atoms with E-state index in [1.807, 2.05) is 18.7 Å². The predicted octanol–water partition coefficient (Wildman–Crippen LogP) is 3.68. The van der Waals surface area contributed by atoms with E-state index in [2.05, 4.69) is 4.98 Å². The maximum Gasteiger partial charge on any atom is 0.296 e. The Morgan fingerprint density at radius 3 is 2.85 bits per heavy atom. The molecule has 0 spiro atoms. The second kappa shape index (κ2) is 4.24. The number of benzene rings is 1. The van der Waals surface area contributed by atoms with E-state index in [1.165, 1.54) is 6.07 Å². The second-order valence-electron chi connectivity index (χ2n) is 4.81. The second-order valence-corrected chi connectivity index (χ2v) is 6.05. The third-order valence-electron chi connectivity index (χ3n) is 3.58. The lowest BCUT2D eigenvalue weighted by Gasteiger charge is -2.32. The van der Waals surface area contributed by atoms with Crippen molar-refractivity contribution >= 4 is 22.7 Å². The summed E-state index contributed by atoms with van der Waals surface area (Å²) in [4.78, 5) is 17.9. The molecule has 5 nitrogen and oxygen atoms in total. The third-order valence-corrected chi connectivity index (χ3v) is 4.72. The highest BCUT2D eigenvalue weighted by atomic mass is 32.1. The zero-order chi connectivity index (χ0) is 14.6. The van der Waals surface area contributed by atoms with Crippen LogP contribution < -0.4 is 4.90 Å². The van der Waals surface area contributed by atoms with E-state index in [4.69, 9.17) is 0 Å². The minimum atomic E-state index is -0.616. The highest BCUT2D eigenvalue weighted by molar-refractivity contribution is 7.12. The Morgan fingerprint density at radius 2 is 2.20 bits per heavy atom. The SMILES string of the molecule is Cc1nc2c(s1)C(C)N(C)c1c-2cc(F)cc1[N+](=O)[O-]. The molecule has 3 rings (SSSR count). The van der Waals surface area contributed by atoms with Gasteiger partial charge in [0, 0.05) is 12.6 Å². The average molecular weight is 293 g/mol. The van der Waals surface area contributed by atoms with E-state index in [0.717, 1.165) is 16.0 Å². The Kier molecular flexibility index (Phi) is 2.75. The molecular formula is C13H12FN3O2S. The summed E-state index contributed by atoms with van der Waals surface area (Å²) in [5.41, 5.74) is 1.37. The number of fused-ring (bicyclic) bond motifs is 3. The van der Waals surface area contributed by atoms with E-state index < -0.39 is 10.7 Å². The number of aryl methyl sites for hydroxylation is 1. The van der Waals surface area contributed by atoms with Gasteiger partial charge in [-0.2, -0.15) is 0 Å². The van der Waals surface area contributed by atoms with E-state index in [9.17, 15) is 14.5 Å². The molecule has 1 atom stereocenters. The number of halogens is 1. The summed E-state index contributed by atoms with van der Waals surface area (Å²) >= 11 is 1.54. The monoisotopic (exact) mass is 293 g/mol. The van der Waals surface area contributed by atoms with Crippen molar-refractivity contribution < 1.29 is 9.31 Å². The van der Waals surface area contributed by atoms with Gasteiger partial charge in [-0.15, -0.1) is 11.3 Å². The van der Waals surface area contributed by atoms with Crippen molar-refractivity contribution in [3.63, 3.8) is 0 Å². The topological polar surface area (TPSA) is 59.3 Å². The van der Waals surface area contributed by atoms with Crippen LogP contribution in [0.15, 0.2) is 12.1 Å². The largest absolute Gasteiger partial charge is 0.361 e. The number of nitro benzene ring substituents is 1. The Bertz CT molecular complexity index is 729. The van der Waals surface area contributed by atoms with Crippen molar-refractivity contribution in [2.45, 2.75) is 19.9 Å². The van der Waals surface area contributed by atoms with Gasteiger partial charge in [0.15, 0.2) is 0 Å². The number of aromatic nitrogens is 1. The van der Waals surface area contributed by atoms with Gasteiger partial charge in [-0.3, -0.25) is 10.1 Å². The van der Waals surface area contributed by atoms with Crippen molar-refractivity contribution in [1.82, 2.24) is 4.98 Å². The molecule has 20 heavy (non-hydrogen) atoms. The molecule has 0 bridgehead atoms. The summed E-state index contributed by atoms with van der Waals surface area (Å²) in [6.45, 7) is 3.84. The first-order chi connectivity index (χ1) is 9.40. The van der Waals surface area contributed by atoms with E-state index >= 15 is 0 Å². The quantitative estimate of drug-likeness (QED) is 0.594. The molecule has 1 unspecified atom stereocenters. The van der Waals surface area contributed by atoms with Gasteiger partial charge >= 0.3 is 0 Å². The van der Waals surface area contributed by atoms with Crippen LogP contribution in [0.3, 0.4) is 0 Å². The van der Waals surface area contributed by atoms with Crippen LogP contribution in [0.5, 0.6) is 0 Å². The average Bonchev–Trinajstić information content (AvgIpc) is 2.77. The zero-order valence-electron chi connectivity index (χ0n) is 11.2. The molecule has 0 N–H and O–H groups in total. The lowest BCUT2D eigenvalue weighted by molar-refractivity contribution is -0.384. The summed E-state index contributed by atoms with van der Waals surface area (Å²) in [5, 5.41) is 12.1. The van der Waals surface area contributed by atoms with Crippen LogP contribution >= 0.6 is 11.3 Å². The van der Waals surface area contributed by atoms with Crippen molar-refractivity contribution in [3.8, 4) is 11.3 Å². The van der Waals surface area contributed by atoms with Gasteiger partial charge in [-0.1, -0.05) is 0 Å². The summed E-state index contributed by atoms with van der Waals surface area (Å²) in [6.07, 6.45) is 0. The first kappa shape index (κ1) is 13.0. The van der Waals surface area contributed by atoms with Gasteiger partial charge in [0.2, 0.25) is 0 Å². The minimum absolute atomic E-state index is 0.0205. The molecule has 0 radical (unpaired) electrons. The Balaban J connectivity index is 2.39. The summed E-state index contributed by atoms with van der Waals surface area (Å²) in [7, 11) is 1.78. The normalized spacial score (nSPS) is 16.8. The lowest BCUT2D eigenvalue weighted by atomic mass is 9.98. The highest BCUT2D eigenvalue weighted by Gasteiger charge is 2.35. The van der Waals surface area contributed by atoms with Gasteiger partial charge < -0.3 is 4.90 Å². The maximum atomic E-state index is 13.7. The van der Waals surface area contributed by atoms with Crippen LogP contribution in [0, 0.1) is 22.9 Å². The molecular weight excluding hydrogens is 281 g/mol. The molecule has 1 aliphatic rings. The molecule has 0 aliphatic carbocycles. The fraction of sp³-hybridized carbons (Fsp3) is 0.308. The van der Waals surface area contributed by atoms with Crippen molar-refractivity contribution in [2.75, 3.05) is 11.9 Å². The van der Waals surface area contributed by atoms with Crippen molar-refractivity contribution in [1.29, 1.82) is 0 Å². The molecule has 7 heteroatoms. The first-order valence-corrected chi connectivity index (χ1v) is 6.90. The predicted molar refractivity (Wildman–Crippen MR) is 75.7 cm³/mol. The number of thiazole rings is 1. The lowest BCUT2D eigenvalue weighted by Crippen LogP contribution is -2.26. The van der Waals surface area contributed by atoms with Gasteiger partial charge in [0.05, 0.1) is 32.6 Å². The third kappa shape index (κ3) is 1.70. The van der Waals surface area contributed by atoms with E-state index in [1.54, 1.807) is 18.4 Å². The molecule has 2 aromatic rings. The standard InChI is InChI=1S/C13H12FN3O2S/c1-6-13-11(15-7(2)20-13)9-4-8(14)5-10(17(18)19)12(9)16(6)3/h4-6H,1-3H3. The molecule has 0 saturated carbocycles.